The van der Waals surface area contributed by atoms with Crippen LogP contribution < -0.4 is 5.32 Å². The normalized spacial score (nSPS) is 22.6. The van der Waals surface area contributed by atoms with Gasteiger partial charge in [0.2, 0.25) is 5.91 Å². The lowest BCUT2D eigenvalue weighted by Crippen LogP contribution is -2.61. The SMILES string of the molecule is CCCC/C=C\CCCCCCC(=O)NC(COC1OC(CO)C(O)C(OS(=O)(=O)O)C1O)C(O)CCCCCCCCCCCCCCC. The number of ether oxygens (including phenoxy) is 2. The fourth-order valence-corrected chi connectivity index (χ4v) is 6.71. The molecule has 0 spiro atoms. The Morgan fingerprint density at radius 1 is 0.780 bits per heavy atom. The molecule has 1 saturated heterocycles. The third-order valence-corrected chi connectivity index (χ3v) is 9.79. The minimum atomic E-state index is -5.07. The number of rotatable bonds is 32. The number of aliphatic hydroxyl groups is 4. The molecule has 0 saturated carbocycles. The Morgan fingerprint density at radius 2 is 1.30 bits per heavy atom. The van der Waals surface area contributed by atoms with Gasteiger partial charge in [0.1, 0.15) is 24.4 Å². The molecule has 7 atom stereocenters. The van der Waals surface area contributed by atoms with Crippen LogP contribution in [0.5, 0.6) is 0 Å². The monoisotopic (exact) mass is 737 g/mol. The second-order valence-electron chi connectivity index (χ2n) is 13.9. The predicted octanol–water partition coefficient (Wildman–Crippen LogP) is 6.04. The molecule has 6 N–H and O–H groups in total. The molecule has 1 aliphatic rings. The van der Waals surface area contributed by atoms with Crippen LogP contribution in [-0.2, 0) is 28.9 Å². The summed E-state index contributed by atoms with van der Waals surface area (Å²) in [5, 5.41) is 44.5. The molecule has 0 aromatic rings. The van der Waals surface area contributed by atoms with Gasteiger partial charge >= 0.3 is 10.4 Å². The van der Waals surface area contributed by atoms with Crippen molar-refractivity contribution in [1.82, 2.24) is 5.32 Å². The third-order valence-electron chi connectivity index (χ3n) is 9.32. The van der Waals surface area contributed by atoms with Crippen molar-refractivity contribution in [2.24, 2.45) is 0 Å². The van der Waals surface area contributed by atoms with Crippen LogP contribution >= 0.6 is 0 Å². The third kappa shape index (κ3) is 22.7. The van der Waals surface area contributed by atoms with E-state index in [2.05, 4.69) is 35.5 Å². The second kappa shape index (κ2) is 29.3. The first kappa shape index (κ1) is 46.9. The molecule has 1 amide bonds. The van der Waals surface area contributed by atoms with Gasteiger partial charge < -0.3 is 35.2 Å². The van der Waals surface area contributed by atoms with E-state index in [4.69, 9.17) is 14.0 Å². The lowest BCUT2D eigenvalue weighted by atomic mass is 9.99. The van der Waals surface area contributed by atoms with E-state index in [1.807, 2.05) is 0 Å². The zero-order chi connectivity index (χ0) is 37.0. The lowest BCUT2D eigenvalue weighted by Gasteiger charge is -2.41. The van der Waals surface area contributed by atoms with Crippen LogP contribution in [0.25, 0.3) is 0 Å². The minimum Gasteiger partial charge on any atom is -0.394 e. The Kier molecular flexibility index (Phi) is 27.5. The highest BCUT2D eigenvalue weighted by Gasteiger charge is 2.48. The molecule has 1 fully saturated rings. The van der Waals surface area contributed by atoms with Gasteiger partial charge in [-0.15, -0.1) is 0 Å². The van der Waals surface area contributed by atoms with Gasteiger partial charge in [-0.05, 0) is 32.1 Å². The maximum Gasteiger partial charge on any atom is 0.397 e. The van der Waals surface area contributed by atoms with Crippen molar-refractivity contribution in [2.75, 3.05) is 13.2 Å². The number of amides is 1. The second-order valence-corrected chi connectivity index (χ2v) is 14.9. The van der Waals surface area contributed by atoms with Crippen LogP contribution in [0.4, 0.5) is 0 Å². The summed E-state index contributed by atoms with van der Waals surface area (Å²) in [6.45, 7) is 3.35. The van der Waals surface area contributed by atoms with Gasteiger partial charge in [0.15, 0.2) is 6.29 Å². The number of carbonyl (C=O) groups excluding carboxylic acids is 1. The van der Waals surface area contributed by atoms with Crippen molar-refractivity contribution in [2.45, 2.75) is 204 Å². The molecular formula is C37H71NO11S. The van der Waals surface area contributed by atoms with Crippen LogP contribution in [0.1, 0.15) is 162 Å². The van der Waals surface area contributed by atoms with Crippen molar-refractivity contribution < 1.29 is 51.8 Å². The minimum absolute atomic E-state index is 0.246. The molecule has 12 nitrogen and oxygen atoms in total. The van der Waals surface area contributed by atoms with Crippen molar-refractivity contribution in [3.05, 3.63) is 12.2 Å². The summed E-state index contributed by atoms with van der Waals surface area (Å²) in [5.41, 5.74) is 0. The van der Waals surface area contributed by atoms with E-state index < -0.39 is 59.9 Å². The van der Waals surface area contributed by atoms with Gasteiger partial charge in [0.25, 0.3) is 0 Å². The number of nitrogens with one attached hydrogen (secondary N) is 1. The molecule has 1 aliphatic heterocycles. The van der Waals surface area contributed by atoms with Crippen LogP contribution in [0.3, 0.4) is 0 Å². The first-order valence-corrected chi connectivity index (χ1v) is 20.9. The summed E-state index contributed by atoms with van der Waals surface area (Å²) in [6, 6.07) is -0.857. The van der Waals surface area contributed by atoms with Crippen LogP contribution in [0.2, 0.25) is 0 Å². The maximum absolute atomic E-state index is 12.9. The largest absolute Gasteiger partial charge is 0.397 e. The molecule has 50 heavy (non-hydrogen) atoms. The van der Waals surface area contributed by atoms with Gasteiger partial charge in [-0.3, -0.25) is 9.35 Å². The van der Waals surface area contributed by atoms with Gasteiger partial charge in [-0.2, -0.15) is 8.42 Å². The Balaban J connectivity index is 2.61. The molecule has 13 heteroatoms. The zero-order valence-corrected chi connectivity index (χ0v) is 31.8. The first-order chi connectivity index (χ1) is 24.0. The van der Waals surface area contributed by atoms with Crippen molar-refractivity contribution >= 4 is 16.3 Å². The summed E-state index contributed by atoms with van der Waals surface area (Å²) in [4.78, 5) is 12.9. The average Bonchev–Trinajstić information content (AvgIpc) is 3.08. The molecule has 0 aromatic carbocycles. The predicted molar refractivity (Wildman–Crippen MR) is 195 cm³/mol. The molecule has 296 valence electrons. The maximum atomic E-state index is 12.9. The molecule has 0 aliphatic carbocycles. The molecule has 1 heterocycles. The number of aliphatic hydroxyl groups excluding tert-OH is 4. The van der Waals surface area contributed by atoms with Gasteiger partial charge in [0, 0.05) is 6.42 Å². The Bertz CT molecular complexity index is 967. The van der Waals surface area contributed by atoms with E-state index in [0.717, 1.165) is 57.8 Å². The smallest absolute Gasteiger partial charge is 0.394 e. The number of allylic oxidation sites excluding steroid dienone is 2. The molecule has 0 bridgehead atoms. The summed E-state index contributed by atoms with van der Waals surface area (Å²) in [7, 11) is -5.07. The Labute approximate surface area is 302 Å². The number of carbonyl (C=O) groups is 1. The molecule has 7 unspecified atom stereocenters. The Morgan fingerprint density at radius 3 is 1.86 bits per heavy atom. The van der Waals surface area contributed by atoms with Crippen molar-refractivity contribution in [3.8, 4) is 0 Å². The Hall–Kier alpha value is -1.16. The summed E-state index contributed by atoms with van der Waals surface area (Å²) < 4.78 is 47.4. The molecule has 0 radical (unpaired) electrons. The van der Waals surface area contributed by atoms with Gasteiger partial charge in [-0.1, -0.05) is 135 Å². The highest BCUT2D eigenvalue weighted by molar-refractivity contribution is 7.80. The quantitative estimate of drug-likeness (QED) is 0.0268. The van der Waals surface area contributed by atoms with Crippen molar-refractivity contribution in [3.63, 3.8) is 0 Å². The number of hydrogen-bond acceptors (Lipinski definition) is 10. The number of hydrogen-bond donors (Lipinski definition) is 6. The average molecular weight is 738 g/mol. The zero-order valence-electron chi connectivity index (χ0n) is 31.0. The topological polar surface area (TPSA) is 192 Å². The highest BCUT2D eigenvalue weighted by atomic mass is 32.3. The van der Waals surface area contributed by atoms with E-state index in [1.165, 1.54) is 70.6 Å². The fourth-order valence-electron chi connectivity index (χ4n) is 6.20. The summed E-state index contributed by atoms with van der Waals surface area (Å²) >= 11 is 0. The lowest BCUT2D eigenvalue weighted by molar-refractivity contribution is -0.298. The van der Waals surface area contributed by atoms with E-state index >= 15 is 0 Å². The van der Waals surface area contributed by atoms with Crippen LogP contribution in [0, 0.1) is 0 Å². The van der Waals surface area contributed by atoms with Crippen LogP contribution in [0.15, 0.2) is 12.2 Å². The summed E-state index contributed by atoms with van der Waals surface area (Å²) in [5.74, 6) is -0.246. The van der Waals surface area contributed by atoms with Gasteiger partial charge in [0.05, 0.1) is 25.4 Å². The van der Waals surface area contributed by atoms with E-state index in [0.29, 0.717) is 12.8 Å². The molecular weight excluding hydrogens is 666 g/mol. The van der Waals surface area contributed by atoms with Gasteiger partial charge in [-0.25, -0.2) is 4.18 Å². The van der Waals surface area contributed by atoms with E-state index in [1.54, 1.807) is 0 Å². The summed E-state index contributed by atoms with van der Waals surface area (Å²) in [6.07, 6.45) is 19.4. The fraction of sp³-hybridized carbons (Fsp3) is 0.919. The molecule has 0 aromatic heterocycles. The first-order valence-electron chi connectivity index (χ1n) is 19.6. The number of unbranched alkanes of at least 4 members (excludes halogenated alkanes) is 18. The van der Waals surface area contributed by atoms with Crippen molar-refractivity contribution in [1.29, 1.82) is 0 Å². The standard InChI is InChI=1S/C37H71NO11S/c1-3-5-7-9-11-13-15-16-17-18-20-22-24-26-31(40)30(38-33(41)27-25-23-21-19-14-12-10-8-6-4-2)29-47-37-35(43)36(49-50(44,45)46)34(42)32(28-39)48-37/h10,12,30-32,34-37,39-40,42-43H,3-9,11,13-29H2,1-2H3,(H,38,41)(H,44,45,46)/b12-10-. The van der Waals surface area contributed by atoms with Crippen LogP contribution in [-0.4, -0.2) is 95.4 Å². The highest BCUT2D eigenvalue weighted by Crippen LogP contribution is 2.26. The van der Waals surface area contributed by atoms with E-state index in [9.17, 15) is 33.6 Å². The molecule has 1 rings (SSSR count). The van der Waals surface area contributed by atoms with E-state index in [-0.39, 0.29) is 18.9 Å².